The molecule has 0 radical (unpaired) electrons. The molecule has 1 heterocycles. The summed E-state index contributed by atoms with van der Waals surface area (Å²) in [5.41, 5.74) is 6.90. The van der Waals surface area contributed by atoms with Gasteiger partial charge in [-0.15, -0.1) is 0 Å². The van der Waals surface area contributed by atoms with Gasteiger partial charge >= 0.3 is 0 Å². The van der Waals surface area contributed by atoms with Crippen molar-refractivity contribution in [3.8, 4) is 0 Å². The number of nitrogens with two attached hydrogens (primary N) is 1. The normalized spacial score (nSPS) is 11.2. The Hall–Kier alpha value is -1.67. The standard InChI is InChI=1S/C10H16N4O3S/c1-7-9(5-8(11)6-13-7)10(15)12-3-4-14-18(2,16)17/h5-6,14H,3-4,11H2,1-2H3,(H,12,15). The molecule has 0 fully saturated rings. The Morgan fingerprint density at radius 2 is 2.11 bits per heavy atom. The molecular formula is C10H16N4O3S. The number of nitrogens with one attached hydrogen (secondary N) is 2. The van der Waals surface area contributed by atoms with Crippen molar-refractivity contribution in [3.05, 3.63) is 23.5 Å². The lowest BCUT2D eigenvalue weighted by molar-refractivity contribution is 0.0953. The van der Waals surface area contributed by atoms with Crippen molar-refractivity contribution in [2.75, 3.05) is 25.1 Å². The zero-order valence-electron chi connectivity index (χ0n) is 10.2. The summed E-state index contributed by atoms with van der Waals surface area (Å²) in [7, 11) is -3.24. The summed E-state index contributed by atoms with van der Waals surface area (Å²) in [5, 5.41) is 2.58. The second kappa shape index (κ2) is 5.78. The third kappa shape index (κ3) is 4.68. The maximum atomic E-state index is 11.8. The highest BCUT2D eigenvalue weighted by molar-refractivity contribution is 7.88. The number of amides is 1. The minimum absolute atomic E-state index is 0.138. The number of rotatable bonds is 5. The second-order valence-electron chi connectivity index (χ2n) is 3.82. The van der Waals surface area contributed by atoms with E-state index in [2.05, 4.69) is 15.0 Å². The lowest BCUT2D eigenvalue weighted by atomic mass is 10.2. The third-order valence-electron chi connectivity index (χ3n) is 2.13. The predicted octanol–water partition coefficient (Wildman–Crippen LogP) is -0.749. The van der Waals surface area contributed by atoms with Gasteiger partial charge in [0.15, 0.2) is 0 Å². The third-order valence-corrected chi connectivity index (χ3v) is 2.86. The number of aromatic nitrogens is 1. The Balaban J connectivity index is 2.53. The van der Waals surface area contributed by atoms with E-state index in [1.54, 1.807) is 6.92 Å². The molecule has 0 bridgehead atoms. The molecule has 1 rings (SSSR count). The summed E-state index contributed by atoms with van der Waals surface area (Å²) < 4.78 is 23.9. The van der Waals surface area contributed by atoms with Crippen LogP contribution >= 0.6 is 0 Å². The zero-order chi connectivity index (χ0) is 13.8. The van der Waals surface area contributed by atoms with Crippen LogP contribution in [0.1, 0.15) is 16.1 Å². The maximum absolute atomic E-state index is 11.8. The Labute approximate surface area is 106 Å². The van der Waals surface area contributed by atoms with Crippen LogP contribution in [0.4, 0.5) is 5.69 Å². The van der Waals surface area contributed by atoms with Crippen LogP contribution < -0.4 is 15.8 Å². The number of aryl methyl sites for hydroxylation is 1. The number of carbonyl (C=O) groups is 1. The summed E-state index contributed by atoms with van der Waals surface area (Å²) in [6.45, 7) is 2.03. The largest absolute Gasteiger partial charge is 0.397 e. The van der Waals surface area contributed by atoms with E-state index >= 15 is 0 Å². The van der Waals surface area contributed by atoms with Gasteiger partial charge in [0.2, 0.25) is 10.0 Å². The number of hydrogen-bond donors (Lipinski definition) is 3. The number of nitrogen functional groups attached to an aromatic ring is 1. The molecule has 1 amide bonds. The van der Waals surface area contributed by atoms with Crippen LogP contribution in [0.2, 0.25) is 0 Å². The number of carbonyl (C=O) groups excluding carboxylic acids is 1. The monoisotopic (exact) mass is 272 g/mol. The average molecular weight is 272 g/mol. The zero-order valence-corrected chi connectivity index (χ0v) is 11.0. The highest BCUT2D eigenvalue weighted by Gasteiger charge is 2.10. The first-order valence-corrected chi connectivity index (χ1v) is 7.13. The van der Waals surface area contributed by atoms with Gasteiger partial charge in [0.1, 0.15) is 0 Å². The van der Waals surface area contributed by atoms with Gasteiger partial charge in [0.25, 0.3) is 5.91 Å². The summed E-state index contributed by atoms with van der Waals surface area (Å²) >= 11 is 0. The molecule has 0 aliphatic rings. The molecule has 0 spiro atoms. The number of sulfonamides is 1. The molecule has 1 aromatic heterocycles. The first kappa shape index (κ1) is 14.4. The quantitative estimate of drug-likeness (QED) is 0.610. The first-order valence-electron chi connectivity index (χ1n) is 5.24. The molecule has 0 atom stereocenters. The van der Waals surface area contributed by atoms with Gasteiger partial charge in [0.05, 0.1) is 29.4 Å². The molecule has 7 nitrogen and oxygen atoms in total. The van der Waals surface area contributed by atoms with Crippen LogP contribution in [-0.4, -0.2) is 38.7 Å². The van der Waals surface area contributed by atoms with E-state index in [4.69, 9.17) is 5.73 Å². The second-order valence-corrected chi connectivity index (χ2v) is 5.66. The van der Waals surface area contributed by atoms with Crippen molar-refractivity contribution >= 4 is 21.6 Å². The average Bonchev–Trinajstić information content (AvgIpc) is 2.26. The van der Waals surface area contributed by atoms with Crippen molar-refractivity contribution in [3.63, 3.8) is 0 Å². The highest BCUT2D eigenvalue weighted by atomic mass is 32.2. The van der Waals surface area contributed by atoms with E-state index in [0.717, 1.165) is 6.26 Å². The number of hydrogen-bond acceptors (Lipinski definition) is 5. The fourth-order valence-electron chi connectivity index (χ4n) is 1.29. The molecule has 8 heteroatoms. The van der Waals surface area contributed by atoms with Gasteiger partial charge in [-0.1, -0.05) is 0 Å². The Morgan fingerprint density at radius 3 is 2.72 bits per heavy atom. The Bertz CT molecular complexity index is 542. The van der Waals surface area contributed by atoms with Crippen molar-refractivity contribution in [2.24, 2.45) is 0 Å². The van der Waals surface area contributed by atoms with Crippen LogP contribution in [0.25, 0.3) is 0 Å². The Kier molecular flexibility index (Phi) is 4.62. The highest BCUT2D eigenvalue weighted by Crippen LogP contribution is 2.08. The molecule has 0 unspecified atom stereocenters. The van der Waals surface area contributed by atoms with E-state index in [1.807, 2.05) is 0 Å². The van der Waals surface area contributed by atoms with Crippen LogP contribution in [0.15, 0.2) is 12.3 Å². The first-order chi connectivity index (χ1) is 8.29. The molecule has 0 saturated carbocycles. The maximum Gasteiger partial charge on any atom is 0.253 e. The van der Waals surface area contributed by atoms with Crippen LogP contribution in [0.5, 0.6) is 0 Å². The van der Waals surface area contributed by atoms with Gasteiger partial charge < -0.3 is 11.1 Å². The number of pyridine rings is 1. The van der Waals surface area contributed by atoms with E-state index in [0.29, 0.717) is 16.9 Å². The SMILES string of the molecule is Cc1ncc(N)cc1C(=O)NCCNS(C)(=O)=O. The van der Waals surface area contributed by atoms with Gasteiger partial charge in [-0.3, -0.25) is 9.78 Å². The minimum atomic E-state index is -3.24. The van der Waals surface area contributed by atoms with E-state index in [-0.39, 0.29) is 19.0 Å². The summed E-state index contributed by atoms with van der Waals surface area (Å²) in [6, 6.07) is 1.53. The molecular weight excluding hydrogens is 256 g/mol. The van der Waals surface area contributed by atoms with Gasteiger partial charge in [0, 0.05) is 13.1 Å². The van der Waals surface area contributed by atoms with E-state index < -0.39 is 10.0 Å². The fraction of sp³-hybridized carbons (Fsp3) is 0.400. The number of nitrogens with zero attached hydrogens (tertiary/aromatic N) is 1. The topological polar surface area (TPSA) is 114 Å². The summed E-state index contributed by atoms with van der Waals surface area (Å²) in [5.74, 6) is -0.331. The number of anilines is 1. The van der Waals surface area contributed by atoms with Crippen LogP contribution in [0.3, 0.4) is 0 Å². The van der Waals surface area contributed by atoms with Crippen molar-refractivity contribution in [1.82, 2.24) is 15.0 Å². The Morgan fingerprint density at radius 1 is 1.44 bits per heavy atom. The minimum Gasteiger partial charge on any atom is -0.397 e. The lowest BCUT2D eigenvalue weighted by Gasteiger charge is -2.08. The summed E-state index contributed by atoms with van der Waals surface area (Å²) in [6.07, 6.45) is 2.53. The molecule has 0 aliphatic carbocycles. The smallest absolute Gasteiger partial charge is 0.253 e. The molecule has 0 aromatic carbocycles. The predicted molar refractivity (Wildman–Crippen MR) is 68.6 cm³/mol. The van der Waals surface area contributed by atoms with Gasteiger partial charge in [-0.2, -0.15) is 0 Å². The molecule has 100 valence electrons. The molecule has 0 saturated heterocycles. The lowest BCUT2D eigenvalue weighted by Crippen LogP contribution is -2.34. The summed E-state index contributed by atoms with van der Waals surface area (Å²) in [4.78, 5) is 15.7. The molecule has 0 aliphatic heterocycles. The molecule has 1 aromatic rings. The van der Waals surface area contributed by atoms with Gasteiger partial charge in [-0.05, 0) is 13.0 Å². The molecule has 18 heavy (non-hydrogen) atoms. The van der Waals surface area contributed by atoms with Crippen LogP contribution in [-0.2, 0) is 10.0 Å². The van der Waals surface area contributed by atoms with Crippen molar-refractivity contribution in [2.45, 2.75) is 6.92 Å². The van der Waals surface area contributed by atoms with E-state index in [9.17, 15) is 13.2 Å². The van der Waals surface area contributed by atoms with Gasteiger partial charge in [-0.25, -0.2) is 13.1 Å². The van der Waals surface area contributed by atoms with Crippen molar-refractivity contribution in [1.29, 1.82) is 0 Å². The van der Waals surface area contributed by atoms with E-state index in [1.165, 1.54) is 12.3 Å². The van der Waals surface area contributed by atoms with Crippen LogP contribution in [0, 0.1) is 6.92 Å². The molecule has 4 N–H and O–H groups in total. The fourth-order valence-corrected chi connectivity index (χ4v) is 1.76. The van der Waals surface area contributed by atoms with Crippen molar-refractivity contribution < 1.29 is 13.2 Å².